The highest BCUT2D eigenvalue weighted by atomic mass is 16.6. The van der Waals surface area contributed by atoms with Gasteiger partial charge in [0.25, 0.3) is 0 Å². The molecule has 7 N–H and O–H groups in total. The van der Waals surface area contributed by atoms with Crippen molar-refractivity contribution in [3.63, 3.8) is 0 Å². The van der Waals surface area contributed by atoms with Crippen molar-refractivity contribution in [3.8, 4) is 45.8 Å². The minimum atomic E-state index is -1.88. The Morgan fingerprint density at radius 2 is 1.57 bits per heavy atom. The summed E-state index contributed by atoms with van der Waals surface area (Å²) in [7, 11) is 2.69. The molecule has 4 aromatic rings. The summed E-state index contributed by atoms with van der Waals surface area (Å²) in [5, 5.41) is 72.8. The van der Waals surface area contributed by atoms with E-state index in [-0.39, 0.29) is 34.3 Å². The first-order chi connectivity index (χ1) is 22.0. The number of hydrogen-bond acceptors (Lipinski definition) is 14. The number of carbonyl (C=O) groups is 1. The molecule has 14 nitrogen and oxygen atoms in total. The molecule has 0 aliphatic carbocycles. The van der Waals surface area contributed by atoms with Crippen LogP contribution in [-0.2, 0) is 14.3 Å². The topological polar surface area (TPSA) is 226 Å². The predicted molar refractivity (Wildman–Crippen MR) is 160 cm³/mol. The van der Waals surface area contributed by atoms with Gasteiger partial charge in [0.1, 0.15) is 52.6 Å². The molecule has 1 aliphatic heterocycles. The van der Waals surface area contributed by atoms with Crippen LogP contribution in [0.2, 0.25) is 0 Å². The highest BCUT2D eigenvalue weighted by Crippen LogP contribution is 2.46. The van der Waals surface area contributed by atoms with Gasteiger partial charge >= 0.3 is 5.97 Å². The SMILES string of the molecule is COc1cc(C=CC(=O)OC2C(c3c(O)cc4oc(-c5ccc(O)c(OC)c5)cc(=O)c4c3O)OC(CO)C(O)C2O)ccc1O. The Balaban J connectivity index is 1.53. The number of esters is 1. The second-order valence-corrected chi connectivity index (χ2v) is 10.3. The van der Waals surface area contributed by atoms with Gasteiger partial charge in [-0.2, -0.15) is 0 Å². The van der Waals surface area contributed by atoms with Crippen LogP contribution >= 0.6 is 0 Å². The second-order valence-electron chi connectivity index (χ2n) is 10.3. The Labute approximate surface area is 260 Å². The summed E-state index contributed by atoms with van der Waals surface area (Å²) in [6.07, 6.45) is -6.20. The Hall–Kier alpha value is -5.28. The molecule has 46 heavy (non-hydrogen) atoms. The fourth-order valence-electron chi connectivity index (χ4n) is 5.15. The van der Waals surface area contributed by atoms with Gasteiger partial charge < -0.3 is 59.1 Å². The first-order valence-corrected chi connectivity index (χ1v) is 13.8. The third kappa shape index (κ3) is 6.01. The largest absolute Gasteiger partial charge is 0.507 e. The van der Waals surface area contributed by atoms with E-state index in [9.17, 15) is 45.3 Å². The standard InChI is InChI=1S/C32H30O14/c1-42-21-9-14(3-6-16(21)34)4-8-25(38)46-32-30(41)28(39)24(13-33)45-31(32)27-19(37)12-23-26(29(27)40)18(36)11-20(44-23)15-5-7-17(35)22(10-15)43-2/h3-12,24,28,30-35,37,39-41H,13H2,1-2H3. The van der Waals surface area contributed by atoms with Crippen LogP contribution in [0.25, 0.3) is 28.4 Å². The molecule has 1 saturated heterocycles. The van der Waals surface area contributed by atoms with Crippen LogP contribution in [0, 0.1) is 0 Å². The number of rotatable bonds is 8. The van der Waals surface area contributed by atoms with Gasteiger partial charge in [-0.1, -0.05) is 6.07 Å². The number of methoxy groups -OCH3 is 2. The maximum Gasteiger partial charge on any atom is 0.331 e. The molecule has 0 bridgehead atoms. The summed E-state index contributed by atoms with van der Waals surface area (Å²) in [5.41, 5.74) is -0.706. The lowest BCUT2D eigenvalue weighted by Crippen LogP contribution is -2.56. The highest BCUT2D eigenvalue weighted by Gasteiger charge is 2.49. The zero-order chi connectivity index (χ0) is 33.3. The molecule has 5 rings (SSSR count). The summed E-state index contributed by atoms with van der Waals surface area (Å²) in [6, 6.07) is 10.5. The Kier molecular flexibility index (Phi) is 9.07. The minimum Gasteiger partial charge on any atom is -0.507 e. The van der Waals surface area contributed by atoms with Gasteiger partial charge in [-0.05, 0) is 42.0 Å². The second kappa shape index (κ2) is 13.0. The average Bonchev–Trinajstić information content (AvgIpc) is 3.03. The molecular weight excluding hydrogens is 608 g/mol. The molecule has 0 saturated carbocycles. The third-order valence-electron chi connectivity index (χ3n) is 7.49. The van der Waals surface area contributed by atoms with Crippen LogP contribution in [0.15, 0.2) is 63.8 Å². The van der Waals surface area contributed by atoms with Crippen molar-refractivity contribution >= 4 is 23.0 Å². The molecule has 5 unspecified atom stereocenters. The van der Waals surface area contributed by atoms with Gasteiger partial charge in [0, 0.05) is 23.8 Å². The number of ether oxygens (including phenoxy) is 4. The maximum atomic E-state index is 13.3. The van der Waals surface area contributed by atoms with Crippen molar-refractivity contribution in [2.75, 3.05) is 20.8 Å². The van der Waals surface area contributed by atoms with E-state index in [2.05, 4.69) is 0 Å². The summed E-state index contributed by atoms with van der Waals surface area (Å²) in [5.74, 6) is -2.56. The molecule has 5 atom stereocenters. The summed E-state index contributed by atoms with van der Waals surface area (Å²) in [6.45, 7) is -0.797. The molecule has 3 aromatic carbocycles. The number of phenolic OH excluding ortho intramolecular Hbond substituents is 4. The van der Waals surface area contributed by atoms with Crippen molar-refractivity contribution in [2.24, 2.45) is 0 Å². The van der Waals surface area contributed by atoms with Crippen LogP contribution in [0.3, 0.4) is 0 Å². The number of carbonyl (C=O) groups excluding carboxylic acids is 1. The van der Waals surface area contributed by atoms with Crippen LogP contribution < -0.4 is 14.9 Å². The van der Waals surface area contributed by atoms with Crippen molar-refractivity contribution in [3.05, 3.63) is 76.0 Å². The fraction of sp³-hybridized carbons (Fsp3) is 0.250. The third-order valence-corrected chi connectivity index (χ3v) is 7.49. The summed E-state index contributed by atoms with van der Waals surface area (Å²) >= 11 is 0. The predicted octanol–water partition coefficient (Wildman–Crippen LogP) is 2.08. The van der Waals surface area contributed by atoms with Gasteiger partial charge in [-0.3, -0.25) is 4.79 Å². The van der Waals surface area contributed by atoms with Crippen molar-refractivity contribution in [2.45, 2.75) is 30.5 Å². The number of aromatic hydroxyl groups is 4. The van der Waals surface area contributed by atoms with Gasteiger partial charge in [-0.15, -0.1) is 0 Å². The lowest BCUT2D eigenvalue weighted by molar-refractivity contribution is -0.240. The highest BCUT2D eigenvalue weighted by molar-refractivity contribution is 5.89. The van der Waals surface area contributed by atoms with Crippen LogP contribution in [0.1, 0.15) is 17.2 Å². The zero-order valence-corrected chi connectivity index (χ0v) is 24.4. The number of phenols is 4. The lowest BCUT2D eigenvalue weighted by Gasteiger charge is -2.42. The van der Waals surface area contributed by atoms with E-state index < -0.39 is 71.0 Å². The van der Waals surface area contributed by atoms with Crippen LogP contribution in [0.5, 0.6) is 34.5 Å². The number of fused-ring (bicyclic) bond motifs is 1. The van der Waals surface area contributed by atoms with E-state index in [0.29, 0.717) is 11.1 Å². The van der Waals surface area contributed by atoms with E-state index >= 15 is 0 Å². The molecule has 1 aliphatic rings. The molecule has 1 aromatic heterocycles. The van der Waals surface area contributed by atoms with Gasteiger partial charge in [-0.25, -0.2) is 4.79 Å². The Bertz CT molecular complexity index is 1860. The van der Waals surface area contributed by atoms with E-state index in [1.54, 1.807) is 0 Å². The number of aliphatic hydroxyl groups is 3. The monoisotopic (exact) mass is 638 g/mol. The maximum absolute atomic E-state index is 13.3. The van der Waals surface area contributed by atoms with Gasteiger partial charge in [0.05, 0.1) is 26.4 Å². The molecule has 14 heteroatoms. The lowest BCUT2D eigenvalue weighted by atomic mass is 9.89. The van der Waals surface area contributed by atoms with Gasteiger partial charge in [0.15, 0.2) is 34.5 Å². The van der Waals surface area contributed by atoms with Crippen molar-refractivity contribution in [1.29, 1.82) is 0 Å². The van der Waals surface area contributed by atoms with E-state index in [1.165, 1.54) is 56.7 Å². The minimum absolute atomic E-state index is 0.0139. The first-order valence-electron chi connectivity index (χ1n) is 13.8. The molecule has 2 heterocycles. The van der Waals surface area contributed by atoms with E-state index in [4.69, 9.17) is 23.4 Å². The number of hydrogen-bond donors (Lipinski definition) is 7. The van der Waals surface area contributed by atoms with Crippen LogP contribution in [-0.4, -0.2) is 87.0 Å². The molecule has 0 spiro atoms. The molecule has 0 amide bonds. The summed E-state index contributed by atoms with van der Waals surface area (Å²) < 4.78 is 27.1. The van der Waals surface area contributed by atoms with E-state index in [1.807, 2.05) is 0 Å². The first kappa shape index (κ1) is 32.1. The molecule has 0 radical (unpaired) electrons. The quantitative estimate of drug-likeness (QED) is 0.108. The average molecular weight is 639 g/mol. The van der Waals surface area contributed by atoms with Gasteiger partial charge in [0.2, 0.25) is 0 Å². The smallest absolute Gasteiger partial charge is 0.331 e. The van der Waals surface area contributed by atoms with Crippen LogP contribution in [0.4, 0.5) is 0 Å². The molecule has 1 fully saturated rings. The Morgan fingerprint density at radius 3 is 2.24 bits per heavy atom. The summed E-state index contributed by atoms with van der Waals surface area (Å²) in [4.78, 5) is 26.1. The molecule has 242 valence electrons. The molecular formula is C32H30O14. The fourth-order valence-corrected chi connectivity index (χ4v) is 5.15. The van der Waals surface area contributed by atoms with Crippen molar-refractivity contribution in [1.82, 2.24) is 0 Å². The normalized spacial score (nSPS) is 21.4. The number of benzene rings is 3. The van der Waals surface area contributed by atoms with Crippen molar-refractivity contribution < 1.29 is 63.9 Å². The number of aliphatic hydroxyl groups excluding tert-OH is 3. The van der Waals surface area contributed by atoms with E-state index in [0.717, 1.165) is 18.2 Å². The Morgan fingerprint density at radius 1 is 0.891 bits per heavy atom. The zero-order valence-electron chi connectivity index (χ0n) is 24.4.